The summed E-state index contributed by atoms with van der Waals surface area (Å²) >= 11 is 5.49. The zero-order chi connectivity index (χ0) is 12.5. The van der Waals surface area contributed by atoms with Gasteiger partial charge in [-0.15, -0.1) is 0 Å². The van der Waals surface area contributed by atoms with Crippen molar-refractivity contribution in [3.63, 3.8) is 0 Å². The minimum absolute atomic E-state index is 0.225. The Balaban J connectivity index is 2.24. The summed E-state index contributed by atoms with van der Waals surface area (Å²) in [5, 5.41) is 4.31. The number of thiophene rings is 1. The first-order chi connectivity index (χ1) is 7.98. The first-order valence-corrected chi connectivity index (χ1v) is 7.61. The van der Waals surface area contributed by atoms with Gasteiger partial charge in [-0.05, 0) is 38.9 Å². The normalized spacial score (nSPS) is 13.6. The molecule has 0 nitrogen and oxygen atoms in total. The molecule has 0 N–H and O–H groups in total. The molecule has 0 spiro atoms. The van der Waals surface area contributed by atoms with E-state index in [-0.39, 0.29) is 5.41 Å². The molecule has 0 fully saturated rings. The molecule has 2 aromatic rings. The van der Waals surface area contributed by atoms with Gasteiger partial charge in [0.1, 0.15) is 0 Å². The molecule has 1 unspecified atom stereocenters. The van der Waals surface area contributed by atoms with E-state index in [1.165, 1.54) is 16.7 Å². The molecular formula is C15H17BrS. The molecule has 90 valence electrons. The third kappa shape index (κ3) is 2.99. The summed E-state index contributed by atoms with van der Waals surface area (Å²) in [6.45, 7) is 6.73. The monoisotopic (exact) mass is 308 g/mol. The van der Waals surface area contributed by atoms with Crippen molar-refractivity contribution in [2.75, 3.05) is 0 Å². The lowest BCUT2D eigenvalue weighted by atomic mass is 9.86. The van der Waals surface area contributed by atoms with Crippen molar-refractivity contribution < 1.29 is 0 Å². The second-order valence-corrected chi connectivity index (χ2v) is 6.99. The zero-order valence-electron chi connectivity index (χ0n) is 10.4. The predicted octanol–water partition coefficient (Wildman–Crippen LogP) is 5.53. The summed E-state index contributed by atoms with van der Waals surface area (Å²) in [4.78, 5) is 0.308. The molecular weight excluding hydrogens is 292 g/mol. The summed E-state index contributed by atoms with van der Waals surface area (Å²) < 4.78 is 0. The van der Waals surface area contributed by atoms with Gasteiger partial charge in [0.15, 0.2) is 0 Å². The maximum Gasteiger partial charge on any atom is 0.0652 e. The lowest BCUT2D eigenvalue weighted by Gasteiger charge is -2.19. The van der Waals surface area contributed by atoms with Crippen molar-refractivity contribution in [1.82, 2.24) is 0 Å². The molecule has 1 aromatic heterocycles. The maximum absolute atomic E-state index is 3.75. The van der Waals surface area contributed by atoms with E-state index in [2.05, 4.69) is 77.8 Å². The van der Waals surface area contributed by atoms with Gasteiger partial charge in [0.2, 0.25) is 0 Å². The summed E-state index contributed by atoms with van der Waals surface area (Å²) in [5.41, 5.74) is 4.25. The van der Waals surface area contributed by atoms with Gasteiger partial charge in [0, 0.05) is 0 Å². The minimum Gasteiger partial charge on any atom is -0.152 e. The Morgan fingerprint density at radius 3 is 2.12 bits per heavy atom. The van der Waals surface area contributed by atoms with E-state index in [0.29, 0.717) is 4.83 Å². The van der Waals surface area contributed by atoms with Crippen LogP contribution < -0.4 is 0 Å². The number of alkyl halides is 1. The van der Waals surface area contributed by atoms with Crippen LogP contribution >= 0.6 is 27.3 Å². The molecule has 1 aromatic carbocycles. The Hall–Kier alpha value is -0.600. The Kier molecular flexibility index (Phi) is 3.74. The highest BCUT2D eigenvalue weighted by Gasteiger charge is 2.15. The average Bonchev–Trinajstić information content (AvgIpc) is 2.80. The number of rotatable bonds is 2. The molecule has 0 aliphatic carbocycles. The van der Waals surface area contributed by atoms with Gasteiger partial charge in [0.05, 0.1) is 4.83 Å². The number of hydrogen-bond acceptors (Lipinski definition) is 1. The predicted molar refractivity (Wildman–Crippen MR) is 80.2 cm³/mol. The summed E-state index contributed by atoms with van der Waals surface area (Å²) in [6.07, 6.45) is 0. The second-order valence-electron chi connectivity index (χ2n) is 5.29. The smallest absolute Gasteiger partial charge is 0.0652 e. The Morgan fingerprint density at radius 2 is 1.65 bits per heavy atom. The van der Waals surface area contributed by atoms with Crippen LogP contribution in [0.5, 0.6) is 0 Å². The summed E-state index contributed by atoms with van der Waals surface area (Å²) in [7, 11) is 0. The maximum atomic E-state index is 3.75. The number of benzene rings is 1. The molecule has 1 heterocycles. The van der Waals surface area contributed by atoms with E-state index in [1.54, 1.807) is 11.3 Å². The minimum atomic E-state index is 0.225. The van der Waals surface area contributed by atoms with Crippen LogP contribution in [0.2, 0.25) is 0 Å². The molecule has 0 amide bonds. The van der Waals surface area contributed by atoms with Crippen LogP contribution in [0.4, 0.5) is 0 Å². The highest BCUT2D eigenvalue weighted by Crippen LogP contribution is 2.33. The van der Waals surface area contributed by atoms with E-state index in [9.17, 15) is 0 Å². The molecule has 17 heavy (non-hydrogen) atoms. The summed E-state index contributed by atoms with van der Waals surface area (Å²) in [6, 6.07) is 11.1. The number of halogens is 1. The fourth-order valence-electron chi connectivity index (χ4n) is 1.76. The van der Waals surface area contributed by atoms with E-state index >= 15 is 0 Å². The fraction of sp³-hybridized carbons (Fsp3) is 0.333. The Morgan fingerprint density at radius 1 is 1.00 bits per heavy atom. The third-order valence-corrected chi connectivity index (χ3v) is 4.66. The van der Waals surface area contributed by atoms with Gasteiger partial charge in [-0.25, -0.2) is 0 Å². The molecule has 2 rings (SSSR count). The standard InChI is InChI=1S/C15H17BrS/c1-15(2,3)13-6-4-11(5-7-13)14(16)12-8-9-17-10-12/h4-10,14H,1-3H3. The topological polar surface area (TPSA) is 0 Å². The number of hydrogen-bond donors (Lipinski definition) is 0. The van der Waals surface area contributed by atoms with Crippen molar-refractivity contribution in [1.29, 1.82) is 0 Å². The van der Waals surface area contributed by atoms with Crippen LogP contribution in [0, 0.1) is 0 Å². The molecule has 0 aliphatic rings. The van der Waals surface area contributed by atoms with Crippen molar-refractivity contribution in [3.05, 3.63) is 57.8 Å². The van der Waals surface area contributed by atoms with E-state index in [4.69, 9.17) is 0 Å². The SMILES string of the molecule is CC(C)(C)c1ccc(C(Br)c2ccsc2)cc1. The largest absolute Gasteiger partial charge is 0.152 e. The lowest BCUT2D eigenvalue weighted by molar-refractivity contribution is 0.590. The second kappa shape index (κ2) is 4.95. The van der Waals surface area contributed by atoms with Crippen molar-refractivity contribution in [2.45, 2.75) is 31.0 Å². The van der Waals surface area contributed by atoms with Crippen LogP contribution in [0.1, 0.15) is 42.3 Å². The van der Waals surface area contributed by atoms with E-state index in [1.807, 2.05) is 0 Å². The average molecular weight is 309 g/mol. The van der Waals surface area contributed by atoms with Crippen molar-refractivity contribution in [2.24, 2.45) is 0 Å². The molecule has 0 saturated heterocycles. The third-order valence-electron chi connectivity index (χ3n) is 2.91. The zero-order valence-corrected chi connectivity index (χ0v) is 12.8. The van der Waals surface area contributed by atoms with E-state index < -0.39 is 0 Å². The van der Waals surface area contributed by atoms with Crippen LogP contribution in [0.3, 0.4) is 0 Å². The highest BCUT2D eigenvalue weighted by atomic mass is 79.9. The molecule has 0 saturated carbocycles. The van der Waals surface area contributed by atoms with Crippen LogP contribution in [-0.2, 0) is 5.41 Å². The van der Waals surface area contributed by atoms with Gasteiger partial charge in [-0.3, -0.25) is 0 Å². The molecule has 0 aliphatic heterocycles. The quantitative estimate of drug-likeness (QED) is 0.640. The first kappa shape index (κ1) is 12.8. The van der Waals surface area contributed by atoms with E-state index in [0.717, 1.165) is 0 Å². The molecule has 0 bridgehead atoms. The first-order valence-electron chi connectivity index (χ1n) is 5.75. The molecule has 2 heteroatoms. The molecule has 1 atom stereocenters. The molecule has 0 radical (unpaired) electrons. The van der Waals surface area contributed by atoms with Crippen LogP contribution in [0.15, 0.2) is 41.1 Å². The lowest BCUT2D eigenvalue weighted by Crippen LogP contribution is -2.10. The van der Waals surface area contributed by atoms with Gasteiger partial charge < -0.3 is 0 Å². The van der Waals surface area contributed by atoms with Crippen LogP contribution in [-0.4, -0.2) is 0 Å². The van der Waals surface area contributed by atoms with Gasteiger partial charge in [-0.1, -0.05) is 61.0 Å². The summed E-state index contributed by atoms with van der Waals surface area (Å²) in [5.74, 6) is 0. The highest BCUT2D eigenvalue weighted by molar-refractivity contribution is 9.09. The Bertz CT molecular complexity index is 463. The van der Waals surface area contributed by atoms with Gasteiger partial charge in [-0.2, -0.15) is 11.3 Å². The van der Waals surface area contributed by atoms with Gasteiger partial charge >= 0.3 is 0 Å². The van der Waals surface area contributed by atoms with Crippen molar-refractivity contribution >= 4 is 27.3 Å². The Labute approximate surface area is 116 Å². The van der Waals surface area contributed by atoms with Crippen LogP contribution in [0.25, 0.3) is 0 Å². The fourth-order valence-corrected chi connectivity index (χ4v) is 3.21. The van der Waals surface area contributed by atoms with Gasteiger partial charge in [0.25, 0.3) is 0 Å². The van der Waals surface area contributed by atoms with Crippen molar-refractivity contribution in [3.8, 4) is 0 Å².